The van der Waals surface area contributed by atoms with Crippen LogP contribution in [0.2, 0.25) is 0 Å². The van der Waals surface area contributed by atoms with Gasteiger partial charge in [0.1, 0.15) is 0 Å². The highest BCUT2D eigenvalue weighted by Crippen LogP contribution is 2.28. The van der Waals surface area contributed by atoms with Crippen LogP contribution in [0.15, 0.2) is 0 Å². The van der Waals surface area contributed by atoms with Gasteiger partial charge in [0.2, 0.25) is 0 Å². The Bertz CT molecular complexity index is 170. The minimum absolute atomic E-state index is 0.709. The first-order valence-corrected chi connectivity index (χ1v) is 6.57. The summed E-state index contributed by atoms with van der Waals surface area (Å²) in [5.74, 6) is 0.884. The molecular formula is C13H28N2. The van der Waals surface area contributed by atoms with Gasteiger partial charge < -0.3 is 5.32 Å². The van der Waals surface area contributed by atoms with Crippen molar-refractivity contribution >= 4 is 0 Å². The summed E-state index contributed by atoms with van der Waals surface area (Å²) in [5.41, 5.74) is 0. The fourth-order valence-corrected chi connectivity index (χ4v) is 2.98. The van der Waals surface area contributed by atoms with Gasteiger partial charge in [-0.3, -0.25) is 4.90 Å². The van der Waals surface area contributed by atoms with Gasteiger partial charge in [0.15, 0.2) is 0 Å². The monoisotopic (exact) mass is 212 g/mol. The van der Waals surface area contributed by atoms with Crippen molar-refractivity contribution in [1.29, 1.82) is 0 Å². The predicted molar refractivity (Wildman–Crippen MR) is 67.2 cm³/mol. The molecule has 0 saturated heterocycles. The summed E-state index contributed by atoms with van der Waals surface area (Å²) in [7, 11) is 4.37. The van der Waals surface area contributed by atoms with E-state index in [9.17, 15) is 0 Å². The smallest absolute Gasteiger partial charge is 0.0217 e. The van der Waals surface area contributed by atoms with Crippen LogP contribution in [0.5, 0.6) is 0 Å². The van der Waals surface area contributed by atoms with E-state index in [4.69, 9.17) is 0 Å². The molecule has 0 spiro atoms. The highest BCUT2D eigenvalue weighted by Gasteiger charge is 2.28. The van der Waals surface area contributed by atoms with E-state index in [0.29, 0.717) is 6.04 Å². The summed E-state index contributed by atoms with van der Waals surface area (Å²) in [6, 6.07) is 1.53. The summed E-state index contributed by atoms with van der Waals surface area (Å²) in [5, 5.41) is 3.31. The number of rotatable bonds is 5. The average molecular weight is 212 g/mol. The van der Waals surface area contributed by atoms with Crippen LogP contribution in [-0.4, -0.2) is 37.6 Å². The Hall–Kier alpha value is -0.0800. The van der Waals surface area contributed by atoms with Gasteiger partial charge >= 0.3 is 0 Å². The van der Waals surface area contributed by atoms with Crippen LogP contribution >= 0.6 is 0 Å². The molecule has 0 heterocycles. The first kappa shape index (κ1) is 13.0. The van der Waals surface area contributed by atoms with Crippen molar-refractivity contribution in [2.45, 2.75) is 58.0 Å². The van der Waals surface area contributed by atoms with E-state index in [2.05, 4.69) is 38.2 Å². The Kier molecular flexibility index (Phi) is 5.62. The van der Waals surface area contributed by atoms with Crippen molar-refractivity contribution < 1.29 is 0 Å². The third-order valence-electron chi connectivity index (χ3n) is 4.08. The number of hydrogen-bond donors (Lipinski definition) is 1. The Balaban J connectivity index is 2.51. The van der Waals surface area contributed by atoms with Crippen LogP contribution in [-0.2, 0) is 0 Å². The highest BCUT2D eigenvalue weighted by molar-refractivity contribution is 4.83. The first-order chi connectivity index (χ1) is 7.20. The third kappa shape index (κ3) is 3.46. The third-order valence-corrected chi connectivity index (χ3v) is 4.08. The van der Waals surface area contributed by atoms with Gasteiger partial charge in [0, 0.05) is 18.6 Å². The summed E-state index contributed by atoms with van der Waals surface area (Å²) in [4.78, 5) is 2.63. The second kappa shape index (κ2) is 6.49. The fraction of sp³-hybridized carbons (Fsp3) is 1.00. The molecule has 1 rings (SSSR count). The topological polar surface area (TPSA) is 15.3 Å². The molecule has 0 amide bonds. The molecule has 1 N–H and O–H groups in total. The van der Waals surface area contributed by atoms with Gasteiger partial charge in [-0.05, 0) is 39.3 Å². The van der Waals surface area contributed by atoms with Gasteiger partial charge in [-0.15, -0.1) is 0 Å². The van der Waals surface area contributed by atoms with Crippen LogP contribution in [0.1, 0.15) is 46.0 Å². The molecule has 1 saturated carbocycles. The second-order valence-electron chi connectivity index (χ2n) is 5.11. The Morgan fingerprint density at radius 3 is 2.53 bits per heavy atom. The molecule has 0 aromatic heterocycles. The van der Waals surface area contributed by atoms with Crippen molar-refractivity contribution in [3.63, 3.8) is 0 Å². The quantitative estimate of drug-likeness (QED) is 0.753. The summed E-state index contributed by atoms with van der Waals surface area (Å²) in [6.45, 7) is 5.84. The first-order valence-electron chi connectivity index (χ1n) is 6.57. The summed E-state index contributed by atoms with van der Waals surface area (Å²) >= 11 is 0. The zero-order valence-corrected chi connectivity index (χ0v) is 10.9. The Morgan fingerprint density at radius 1 is 1.33 bits per heavy atom. The zero-order valence-electron chi connectivity index (χ0n) is 10.9. The van der Waals surface area contributed by atoms with E-state index >= 15 is 0 Å². The lowest BCUT2D eigenvalue weighted by atomic mass is 9.84. The maximum Gasteiger partial charge on any atom is 0.0217 e. The van der Waals surface area contributed by atoms with Crippen LogP contribution in [0, 0.1) is 5.92 Å². The van der Waals surface area contributed by atoms with E-state index in [0.717, 1.165) is 18.5 Å². The molecule has 90 valence electrons. The predicted octanol–water partition coefficient (Wildman–Crippen LogP) is 2.49. The molecule has 1 fully saturated rings. The molecule has 0 radical (unpaired) electrons. The molecule has 2 nitrogen and oxygen atoms in total. The summed E-state index contributed by atoms with van der Waals surface area (Å²) < 4.78 is 0. The van der Waals surface area contributed by atoms with Crippen molar-refractivity contribution in [1.82, 2.24) is 10.2 Å². The normalized spacial score (nSPS) is 29.4. The minimum atomic E-state index is 0.709. The number of likely N-dealkylation sites (N-methyl/N-ethyl adjacent to an activating group) is 2. The van der Waals surface area contributed by atoms with Crippen molar-refractivity contribution in [3.05, 3.63) is 0 Å². The molecule has 3 atom stereocenters. The molecule has 1 aliphatic rings. The van der Waals surface area contributed by atoms with Crippen LogP contribution in [0.4, 0.5) is 0 Å². The van der Waals surface area contributed by atoms with E-state index in [-0.39, 0.29) is 0 Å². The van der Waals surface area contributed by atoms with Gasteiger partial charge in [0.25, 0.3) is 0 Å². The van der Waals surface area contributed by atoms with Gasteiger partial charge in [0.05, 0.1) is 0 Å². The molecule has 0 bridgehead atoms. The molecule has 0 aromatic carbocycles. The van der Waals surface area contributed by atoms with Gasteiger partial charge in [-0.1, -0.05) is 26.7 Å². The molecule has 3 unspecified atom stereocenters. The fourth-order valence-electron chi connectivity index (χ4n) is 2.98. The van der Waals surface area contributed by atoms with Crippen LogP contribution < -0.4 is 5.32 Å². The molecular weight excluding hydrogens is 184 g/mol. The highest BCUT2D eigenvalue weighted by atomic mass is 15.2. The molecule has 2 heteroatoms. The largest absolute Gasteiger partial charge is 0.318 e. The molecule has 0 aromatic rings. The zero-order chi connectivity index (χ0) is 11.3. The van der Waals surface area contributed by atoms with Crippen LogP contribution in [0.3, 0.4) is 0 Å². The lowest BCUT2D eigenvalue weighted by Gasteiger charge is -2.40. The molecule has 1 aliphatic carbocycles. The van der Waals surface area contributed by atoms with Crippen LogP contribution in [0.25, 0.3) is 0 Å². The maximum atomic E-state index is 3.31. The lowest BCUT2D eigenvalue weighted by molar-refractivity contribution is 0.0942. The average Bonchev–Trinajstić information content (AvgIpc) is 2.25. The SMILES string of the molecule is CCC(CNC)N(C)C1CCCCC1C. The van der Waals surface area contributed by atoms with Crippen molar-refractivity contribution in [3.8, 4) is 0 Å². The Labute approximate surface area is 95.4 Å². The lowest BCUT2D eigenvalue weighted by Crippen LogP contribution is -2.48. The summed E-state index contributed by atoms with van der Waals surface area (Å²) in [6.07, 6.45) is 6.94. The number of hydrogen-bond acceptors (Lipinski definition) is 2. The number of nitrogens with one attached hydrogen (secondary N) is 1. The van der Waals surface area contributed by atoms with Gasteiger partial charge in [-0.25, -0.2) is 0 Å². The standard InChI is InChI=1S/C13H28N2/c1-5-12(10-14-3)15(4)13-9-7-6-8-11(13)2/h11-14H,5-10H2,1-4H3. The second-order valence-corrected chi connectivity index (χ2v) is 5.11. The van der Waals surface area contributed by atoms with E-state index in [1.807, 2.05) is 0 Å². The molecule has 0 aliphatic heterocycles. The minimum Gasteiger partial charge on any atom is -0.318 e. The van der Waals surface area contributed by atoms with E-state index < -0.39 is 0 Å². The number of nitrogens with zero attached hydrogens (tertiary/aromatic N) is 1. The molecule has 15 heavy (non-hydrogen) atoms. The van der Waals surface area contributed by atoms with E-state index in [1.54, 1.807) is 0 Å². The van der Waals surface area contributed by atoms with E-state index in [1.165, 1.54) is 32.1 Å². The van der Waals surface area contributed by atoms with Gasteiger partial charge in [-0.2, -0.15) is 0 Å². The van der Waals surface area contributed by atoms with Crippen molar-refractivity contribution in [2.24, 2.45) is 5.92 Å². The maximum absolute atomic E-state index is 3.31. The van der Waals surface area contributed by atoms with Crippen molar-refractivity contribution in [2.75, 3.05) is 20.6 Å². The Morgan fingerprint density at radius 2 is 2.00 bits per heavy atom.